The van der Waals surface area contributed by atoms with Gasteiger partial charge in [0.2, 0.25) is 5.91 Å². The maximum absolute atomic E-state index is 12.2. The van der Waals surface area contributed by atoms with Gasteiger partial charge in [-0.1, -0.05) is 19.8 Å². The molecule has 0 aromatic rings. The Morgan fingerprint density at radius 3 is 2.26 bits per heavy atom. The van der Waals surface area contributed by atoms with E-state index in [-0.39, 0.29) is 17.7 Å². The highest BCUT2D eigenvalue weighted by atomic mass is 32.2. The Labute approximate surface area is 141 Å². The summed E-state index contributed by atoms with van der Waals surface area (Å²) >= 11 is 0. The summed E-state index contributed by atoms with van der Waals surface area (Å²) in [6, 6.07) is 0.263. The van der Waals surface area contributed by atoms with Crippen LogP contribution in [0.25, 0.3) is 0 Å². The highest BCUT2D eigenvalue weighted by Crippen LogP contribution is 2.30. The van der Waals surface area contributed by atoms with Crippen molar-refractivity contribution in [3.8, 4) is 0 Å². The molecular formula is C17H32N2O3S. The van der Waals surface area contributed by atoms with Gasteiger partial charge in [0, 0.05) is 38.4 Å². The van der Waals surface area contributed by atoms with E-state index in [1.165, 1.54) is 31.9 Å². The van der Waals surface area contributed by atoms with Crippen LogP contribution in [0.5, 0.6) is 0 Å². The Morgan fingerprint density at radius 1 is 1.09 bits per heavy atom. The molecule has 23 heavy (non-hydrogen) atoms. The molecule has 1 aliphatic carbocycles. The van der Waals surface area contributed by atoms with Crippen LogP contribution in [0.1, 0.15) is 51.9 Å². The van der Waals surface area contributed by atoms with E-state index in [2.05, 4.69) is 17.1 Å². The van der Waals surface area contributed by atoms with Gasteiger partial charge in [0.15, 0.2) is 0 Å². The van der Waals surface area contributed by atoms with E-state index in [0.717, 1.165) is 31.8 Å². The fourth-order valence-electron chi connectivity index (χ4n) is 3.68. The number of hydrogen-bond donors (Lipinski definition) is 1. The zero-order valence-corrected chi connectivity index (χ0v) is 15.4. The second-order valence-electron chi connectivity index (χ2n) is 7.64. The number of hydrogen-bond acceptors (Lipinski definition) is 4. The molecule has 0 unspecified atom stereocenters. The quantitative estimate of drug-likeness (QED) is 0.798. The third kappa shape index (κ3) is 7.21. The fourth-order valence-corrected chi connectivity index (χ4v) is 4.27. The first-order valence-electron chi connectivity index (χ1n) is 9.01. The lowest BCUT2D eigenvalue weighted by Gasteiger charge is -2.32. The van der Waals surface area contributed by atoms with Crippen LogP contribution in [0, 0.1) is 11.8 Å². The molecule has 1 saturated heterocycles. The number of carbonyl (C=O) groups is 1. The van der Waals surface area contributed by atoms with Gasteiger partial charge in [-0.3, -0.25) is 4.79 Å². The Kier molecular flexibility index (Phi) is 6.89. The highest BCUT2D eigenvalue weighted by molar-refractivity contribution is 7.90. The van der Waals surface area contributed by atoms with Gasteiger partial charge in [0.05, 0.1) is 5.75 Å². The van der Waals surface area contributed by atoms with Gasteiger partial charge in [0.25, 0.3) is 0 Å². The first kappa shape index (κ1) is 18.7. The summed E-state index contributed by atoms with van der Waals surface area (Å²) in [7, 11) is -2.89. The summed E-state index contributed by atoms with van der Waals surface area (Å²) in [6.07, 6.45) is 8.73. The maximum atomic E-state index is 12.2. The molecule has 1 aliphatic heterocycles. The minimum Gasteiger partial charge on any atom is -0.353 e. The van der Waals surface area contributed by atoms with E-state index in [4.69, 9.17) is 0 Å². The largest absolute Gasteiger partial charge is 0.353 e. The molecule has 0 atom stereocenters. The van der Waals surface area contributed by atoms with Crippen molar-refractivity contribution in [1.82, 2.24) is 10.2 Å². The third-order valence-electron chi connectivity index (χ3n) is 5.34. The van der Waals surface area contributed by atoms with Crippen molar-refractivity contribution in [1.29, 1.82) is 0 Å². The average Bonchev–Trinajstić information content (AvgIpc) is 2.48. The Bertz CT molecular complexity index is 476. The number of carbonyl (C=O) groups excluding carboxylic acids is 1. The van der Waals surface area contributed by atoms with Crippen LogP contribution < -0.4 is 5.32 Å². The zero-order valence-electron chi connectivity index (χ0n) is 14.6. The van der Waals surface area contributed by atoms with Gasteiger partial charge in [-0.2, -0.15) is 0 Å². The second-order valence-corrected chi connectivity index (χ2v) is 9.90. The van der Waals surface area contributed by atoms with E-state index in [1.54, 1.807) is 0 Å². The molecule has 5 nitrogen and oxygen atoms in total. The minimum atomic E-state index is -2.89. The van der Waals surface area contributed by atoms with E-state index >= 15 is 0 Å². The molecule has 0 spiro atoms. The Balaban J connectivity index is 1.63. The van der Waals surface area contributed by atoms with Crippen molar-refractivity contribution in [2.24, 2.45) is 11.8 Å². The van der Waals surface area contributed by atoms with Crippen LogP contribution >= 0.6 is 0 Å². The topological polar surface area (TPSA) is 66.5 Å². The van der Waals surface area contributed by atoms with Gasteiger partial charge in [-0.05, 0) is 37.5 Å². The molecule has 1 saturated carbocycles. The fraction of sp³-hybridized carbons (Fsp3) is 0.941. The summed E-state index contributed by atoms with van der Waals surface area (Å²) in [4.78, 5) is 14.4. The molecule has 1 amide bonds. The summed E-state index contributed by atoms with van der Waals surface area (Å²) in [6.45, 7) is 4.66. The van der Waals surface area contributed by atoms with Crippen LogP contribution in [0.2, 0.25) is 0 Å². The molecule has 0 bridgehead atoms. The number of nitrogens with one attached hydrogen (secondary N) is 1. The summed E-state index contributed by atoms with van der Waals surface area (Å²) in [5.74, 6) is 1.83. The third-order valence-corrected chi connectivity index (χ3v) is 6.26. The molecule has 1 N–H and O–H groups in total. The Morgan fingerprint density at radius 2 is 1.70 bits per heavy atom. The van der Waals surface area contributed by atoms with Crippen molar-refractivity contribution in [3.63, 3.8) is 0 Å². The number of amides is 1. The maximum Gasteiger partial charge on any atom is 0.220 e. The number of rotatable bonds is 6. The number of nitrogens with zero attached hydrogens (tertiary/aromatic N) is 1. The predicted molar refractivity (Wildman–Crippen MR) is 93.1 cm³/mol. The van der Waals surface area contributed by atoms with Crippen LogP contribution in [-0.4, -0.2) is 56.9 Å². The zero-order chi connectivity index (χ0) is 16.9. The van der Waals surface area contributed by atoms with Crippen molar-refractivity contribution in [3.05, 3.63) is 0 Å². The van der Waals surface area contributed by atoms with E-state index in [9.17, 15) is 13.2 Å². The Hall–Kier alpha value is -0.620. The van der Waals surface area contributed by atoms with E-state index < -0.39 is 9.84 Å². The molecule has 1 heterocycles. The lowest BCUT2D eigenvalue weighted by molar-refractivity contribution is -0.123. The van der Waals surface area contributed by atoms with Gasteiger partial charge in [0.1, 0.15) is 9.84 Å². The van der Waals surface area contributed by atoms with Crippen LogP contribution in [0.15, 0.2) is 0 Å². The van der Waals surface area contributed by atoms with E-state index in [0.29, 0.717) is 18.9 Å². The van der Waals surface area contributed by atoms with Gasteiger partial charge in [-0.25, -0.2) is 8.42 Å². The monoisotopic (exact) mass is 344 g/mol. The van der Waals surface area contributed by atoms with Crippen molar-refractivity contribution in [2.45, 2.75) is 57.9 Å². The standard InChI is InChI=1S/C17H32N2O3S/c1-14-3-5-15(6-4-14)13-17(20)18-16-7-9-19(10-8-16)11-12-23(2,21)22/h14-16H,3-13H2,1-2H3,(H,18,20). The summed E-state index contributed by atoms with van der Waals surface area (Å²) in [5.41, 5.74) is 0. The van der Waals surface area contributed by atoms with Crippen molar-refractivity contribution < 1.29 is 13.2 Å². The SMILES string of the molecule is CC1CCC(CC(=O)NC2CCN(CCS(C)(=O)=O)CC2)CC1. The molecule has 2 rings (SSSR count). The molecule has 2 aliphatic rings. The summed E-state index contributed by atoms with van der Waals surface area (Å²) < 4.78 is 22.4. The van der Waals surface area contributed by atoms with Gasteiger partial charge < -0.3 is 10.2 Å². The van der Waals surface area contributed by atoms with Crippen LogP contribution in [0.4, 0.5) is 0 Å². The number of sulfone groups is 1. The first-order chi connectivity index (χ1) is 10.8. The lowest BCUT2D eigenvalue weighted by Crippen LogP contribution is -2.46. The van der Waals surface area contributed by atoms with E-state index in [1.807, 2.05) is 0 Å². The number of likely N-dealkylation sites (tertiary alicyclic amines) is 1. The second kappa shape index (κ2) is 8.47. The lowest BCUT2D eigenvalue weighted by atomic mass is 9.81. The minimum absolute atomic E-state index is 0.208. The molecule has 2 fully saturated rings. The molecule has 6 heteroatoms. The molecule has 0 aromatic heterocycles. The predicted octanol–water partition coefficient (Wildman–Crippen LogP) is 1.83. The summed E-state index contributed by atoms with van der Waals surface area (Å²) in [5, 5.41) is 3.19. The first-order valence-corrected chi connectivity index (χ1v) is 11.1. The van der Waals surface area contributed by atoms with Crippen molar-refractivity contribution >= 4 is 15.7 Å². The average molecular weight is 345 g/mol. The smallest absolute Gasteiger partial charge is 0.220 e. The number of piperidine rings is 1. The van der Waals surface area contributed by atoms with Crippen molar-refractivity contribution in [2.75, 3.05) is 31.6 Å². The van der Waals surface area contributed by atoms with Gasteiger partial charge >= 0.3 is 0 Å². The van der Waals surface area contributed by atoms with Gasteiger partial charge in [-0.15, -0.1) is 0 Å². The molecule has 0 aromatic carbocycles. The molecular weight excluding hydrogens is 312 g/mol. The van der Waals surface area contributed by atoms with Crippen LogP contribution in [0.3, 0.4) is 0 Å². The van der Waals surface area contributed by atoms with Crippen LogP contribution in [-0.2, 0) is 14.6 Å². The normalized spacial score (nSPS) is 27.7. The molecule has 134 valence electrons. The highest BCUT2D eigenvalue weighted by Gasteiger charge is 2.24. The molecule has 0 radical (unpaired) electrons.